The summed E-state index contributed by atoms with van der Waals surface area (Å²) in [6.45, 7) is 4.74. The van der Waals surface area contributed by atoms with E-state index in [1.807, 2.05) is 21.1 Å². The Balaban J connectivity index is 4.16. The van der Waals surface area contributed by atoms with Crippen LogP contribution < -0.4 is 0 Å². The molecule has 0 heterocycles. The number of carbonyl (C=O) groups excluding carboxylic acids is 2. The molecule has 0 aliphatic rings. The van der Waals surface area contributed by atoms with E-state index in [2.05, 4.69) is 86.8 Å². The van der Waals surface area contributed by atoms with Gasteiger partial charge in [-0.2, -0.15) is 0 Å². The zero-order chi connectivity index (χ0) is 52.0. The third-order valence-corrected chi connectivity index (χ3v) is 12.4. The molecule has 0 aromatic heterocycles. The summed E-state index contributed by atoms with van der Waals surface area (Å²) in [5.41, 5.74) is 0. The van der Waals surface area contributed by atoms with Crippen molar-refractivity contribution in [2.24, 2.45) is 0 Å². The molecule has 0 aromatic rings. The molecule has 0 saturated heterocycles. The molecule has 0 aromatic carbocycles. The lowest BCUT2D eigenvalue weighted by Gasteiger charge is -2.25. The number of likely N-dealkylation sites (N-methyl/N-ethyl adjacent to an activating group) is 1. The van der Waals surface area contributed by atoms with Gasteiger partial charge in [0.1, 0.15) is 13.2 Å². The summed E-state index contributed by atoms with van der Waals surface area (Å²) in [7, 11) is 5.96. The van der Waals surface area contributed by atoms with Crippen molar-refractivity contribution >= 4 is 17.9 Å². The van der Waals surface area contributed by atoms with Gasteiger partial charge in [-0.3, -0.25) is 9.59 Å². The van der Waals surface area contributed by atoms with Gasteiger partial charge in [0.25, 0.3) is 6.29 Å². The minimum absolute atomic E-state index is 0.183. The van der Waals surface area contributed by atoms with Crippen molar-refractivity contribution < 1.29 is 42.9 Å². The second-order valence-corrected chi connectivity index (χ2v) is 20.6. The smallest absolute Gasteiger partial charge is 0.361 e. The van der Waals surface area contributed by atoms with Crippen LogP contribution in [0.15, 0.2) is 72.9 Å². The van der Waals surface area contributed by atoms with E-state index >= 15 is 0 Å². The Morgan fingerprint density at radius 3 is 1.20 bits per heavy atom. The van der Waals surface area contributed by atoms with Gasteiger partial charge >= 0.3 is 17.9 Å². The molecule has 410 valence electrons. The maximum absolute atomic E-state index is 12.9. The SMILES string of the molecule is CC/C=C\C/C=C\C/C=C\CCCCCCCC(=O)OCC(COC(OCC[N+](C)(C)C)C(=O)O)OC(=O)CCCCCCCCCCCCCCCCCC/C=C\C/C=C\C/C=C\CCCCCCC. The second kappa shape index (κ2) is 53.0. The standard InChI is InChI=1S/C62H109NO8/c1-6-8-10-12-14-16-18-20-22-23-24-25-26-27-28-29-30-31-32-33-34-35-36-37-39-41-43-45-47-49-51-53-60(65)71-58(57-70-62(61(66)67)68-55-54-63(3,4)5)56-69-59(64)52-50-48-46-44-42-40-38-21-19-17-15-13-11-9-7-2/h9,11,15,17-18,20-21,23-24,26-27,38,58,62H,6-8,10,12-14,16,19,22,25,28-37,39-57H2,1-5H3/p+1/b11-9-,17-15-,20-18-,24-23-,27-26-,38-21-. The average molecular weight is 998 g/mol. The molecule has 0 saturated carbocycles. The predicted octanol–water partition coefficient (Wildman–Crippen LogP) is 17.0. The first-order valence-corrected chi connectivity index (χ1v) is 29.1. The molecule has 0 spiro atoms. The quantitative estimate of drug-likeness (QED) is 0.0211. The molecule has 9 heteroatoms. The molecular formula is C62H110NO8+. The number of nitrogens with zero attached hydrogens (tertiary/aromatic N) is 1. The molecule has 0 aliphatic carbocycles. The highest BCUT2D eigenvalue weighted by atomic mass is 16.7. The topological polar surface area (TPSA) is 108 Å². The van der Waals surface area contributed by atoms with E-state index in [0.717, 1.165) is 89.9 Å². The Hall–Kier alpha value is -3.27. The minimum Gasteiger partial charge on any atom is -0.477 e. The van der Waals surface area contributed by atoms with Crippen LogP contribution in [0.4, 0.5) is 0 Å². The van der Waals surface area contributed by atoms with E-state index in [-0.39, 0.29) is 38.6 Å². The summed E-state index contributed by atoms with van der Waals surface area (Å²) in [5, 5.41) is 9.69. The zero-order valence-electron chi connectivity index (χ0n) is 46.6. The van der Waals surface area contributed by atoms with Crippen LogP contribution >= 0.6 is 0 Å². The van der Waals surface area contributed by atoms with Crippen molar-refractivity contribution in [1.29, 1.82) is 0 Å². The average Bonchev–Trinajstić information content (AvgIpc) is 3.34. The molecule has 71 heavy (non-hydrogen) atoms. The van der Waals surface area contributed by atoms with Crippen LogP contribution in [0.5, 0.6) is 0 Å². The van der Waals surface area contributed by atoms with Crippen molar-refractivity contribution in [3.05, 3.63) is 72.9 Å². The molecule has 0 fully saturated rings. The number of unbranched alkanes of at least 4 members (excludes halogenated alkanes) is 26. The number of esters is 2. The highest BCUT2D eigenvalue weighted by Crippen LogP contribution is 2.16. The first kappa shape index (κ1) is 67.7. The monoisotopic (exact) mass is 997 g/mol. The third kappa shape index (κ3) is 54.3. The number of hydrogen-bond donors (Lipinski definition) is 1. The van der Waals surface area contributed by atoms with Crippen molar-refractivity contribution in [2.45, 2.75) is 257 Å². The molecule has 2 unspecified atom stereocenters. The Kier molecular flexibility index (Phi) is 50.6. The van der Waals surface area contributed by atoms with Gasteiger partial charge < -0.3 is 28.5 Å². The number of aliphatic carboxylic acids is 1. The lowest BCUT2D eigenvalue weighted by Crippen LogP contribution is -2.40. The van der Waals surface area contributed by atoms with Crippen molar-refractivity contribution in [3.63, 3.8) is 0 Å². The number of rotatable bonds is 53. The largest absolute Gasteiger partial charge is 0.477 e. The number of ether oxygens (including phenoxy) is 4. The highest BCUT2D eigenvalue weighted by Gasteiger charge is 2.25. The molecule has 0 radical (unpaired) electrons. The predicted molar refractivity (Wildman–Crippen MR) is 299 cm³/mol. The number of quaternary nitrogens is 1. The van der Waals surface area contributed by atoms with Crippen LogP contribution in [0.3, 0.4) is 0 Å². The van der Waals surface area contributed by atoms with Crippen molar-refractivity contribution in [2.75, 3.05) is 47.5 Å². The molecular weight excluding hydrogens is 887 g/mol. The summed E-state index contributed by atoms with van der Waals surface area (Å²) in [6.07, 6.45) is 65.6. The maximum Gasteiger partial charge on any atom is 0.361 e. The van der Waals surface area contributed by atoms with Crippen molar-refractivity contribution in [1.82, 2.24) is 0 Å². The maximum atomic E-state index is 12.9. The third-order valence-electron chi connectivity index (χ3n) is 12.4. The molecule has 2 atom stereocenters. The molecule has 0 aliphatic heterocycles. The number of hydrogen-bond acceptors (Lipinski definition) is 7. The van der Waals surface area contributed by atoms with Crippen molar-refractivity contribution in [3.8, 4) is 0 Å². The molecule has 1 N–H and O–H groups in total. The number of carbonyl (C=O) groups is 3. The Bertz CT molecular complexity index is 1390. The zero-order valence-corrected chi connectivity index (χ0v) is 46.6. The van der Waals surface area contributed by atoms with E-state index in [4.69, 9.17) is 18.9 Å². The van der Waals surface area contributed by atoms with Crippen LogP contribution in [0.1, 0.15) is 245 Å². The number of allylic oxidation sites excluding steroid dienone is 12. The second-order valence-electron chi connectivity index (χ2n) is 20.6. The fourth-order valence-electron chi connectivity index (χ4n) is 7.98. The Morgan fingerprint density at radius 2 is 0.803 bits per heavy atom. The van der Waals surface area contributed by atoms with Gasteiger partial charge in [-0.15, -0.1) is 0 Å². The summed E-state index contributed by atoms with van der Waals surface area (Å²) in [5.74, 6) is -2.03. The fraction of sp³-hybridized carbons (Fsp3) is 0.758. The Morgan fingerprint density at radius 1 is 0.437 bits per heavy atom. The summed E-state index contributed by atoms with van der Waals surface area (Å²) in [6, 6.07) is 0. The summed E-state index contributed by atoms with van der Waals surface area (Å²) in [4.78, 5) is 37.4. The van der Waals surface area contributed by atoms with Crippen LogP contribution in [0.25, 0.3) is 0 Å². The first-order valence-electron chi connectivity index (χ1n) is 29.1. The lowest BCUT2D eigenvalue weighted by molar-refractivity contribution is -0.870. The lowest BCUT2D eigenvalue weighted by atomic mass is 10.0. The Labute approximate surface area is 437 Å². The van der Waals surface area contributed by atoms with Gasteiger partial charge in [-0.25, -0.2) is 4.79 Å². The molecule has 0 bridgehead atoms. The number of carboxylic acid groups (broad SMARTS) is 1. The van der Waals surface area contributed by atoms with Crippen LogP contribution in [0.2, 0.25) is 0 Å². The van der Waals surface area contributed by atoms with E-state index in [9.17, 15) is 19.5 Å². The van der Waals surface area contributed by atoms with Crippen LogP contribution in [0, 0.1) is 0 Å². The summed E-state index contributed by atoms with van der Waals surface area (Å²) < 4.78 is 22.8. The molecule has 0 amide bonds. The highest BCUT2D eigenvalue weighted by molar-refractivity contribution is 5.71. The number of carboxylic acids is 1. The molecule has 9 nitrogen and oxygen atoms in total. The van der Waals surface area contributed by atoms with Gasteiger partial charge in [0.2, 0.25) is 0 Å². The fourth-order valence-corrected chi connectivity index (χ4v) is 7.98. The van der Waals surface area contributed by atoms with Gasteiger partial charge in [0.15, 0.2) is 6.10 Å². The first-order chi connectivity index (χ1) is 34.6. The van der Waals surface area contributed by atoms with Gasteiger partial charge in [0, 0.05) is 12.8 Å². The normalized spacial score (nSPS) is 13.3. The van der Waals surface area contributed by atoms with Gasteiger partial charge in [0.05, 0.1) is 34.4 Å². The van der Waals surface area contributed by atoms with Gasteiger partial charge in [-0.1, -0.05) is 222 Å². The van der Waals surface area contributed by atoms with E-state index < -0.39 is 24.3 Å². The molecule has 0 rings (SSSR count). The van der Waals surface area contributed by atoms with E-state index in [0.29, 0.717) is 11.0 Å². The minimum atomic E-state index is -1.52. The van der Waals surface area contributed by atoms with E-state index in [1.165, 1.54) is 128 Å². The van der Waals surface area contributed by atoms with Crippen LogP contribution in [-0.2, 0) is 33.3 Å². The van der Waals surface area contributed by atoms with E-state index in [1.54, 1.807) is 0 Å². The summed E-state index contributed by atoms with van der Waals surface area (Å²) >= 11 is 0. The van der Waals surface area contributed by atoms with Gasteiger partial charge in [-0.05, 0) is 83.5 Å². The van der Waals surface area contributed by atoms with Crippen LogP contribution in [-0.4, -0.2) is 87.4 Å².